The molecule has 1 aliphatic carbocycles. The Morgan fingerprint density at radius 2 is 2.22 bits per heavy atom. The van der Waals surface area contributed by atoms with Crippen molar-refractivity contribution in [3.8, 4) is 0 Å². The molecule has 2 heterocycles. The van der Waals surface area contributed by atoms with E-state index in [1.165, 1.54) is 6.07 Å². The zero-order valence-electron chi connectivity index (χ0n) is 10.00. The summed E-state index contributed by atoms with van der Waals surface area (Å²) in [6, 6.07) is 1.75. The van der Waals surface area contributed by atoms with Crippen LogP contribution in [0.5, 0.6) is 0 Å². The van der Waals surface area contributed by atoms with Crippen LogP contribution in [0.4, 0.5) is 0 Å². The highest BCUT2D eigenvalue weighted by Gasteiger charge is 2.46. The number of hydrogen-bond acceptors (Lipinski definition) is 5. The number of nitrogens with two attached hydrogens (primary N) is 1. The first-order valence-corrected chi connectivity index (χ1v) is 7.27. The molecule has 2 N–H and O–H groups in total. The third-order valence-electron chi connectivity index (χ3n) is 3.43. The second-order valence-electron chi connectivity index (χ2n) is 4.78. The van der Waals surface area contributed by atoms with Gasteiger partial charge in [0, 0.05) is 13.2 Å². The molecule has 1 saturated heterocycles. The Labute approximate surface area is 105 Å². The van der Waals surface area contributed by atoms with Crippen molar-refractivity contribution in [1.29, 1.82) is 0 Å². The molecular formula is C10H15N3O4S. The van der Waals surface area contributed by atoms with Gasteiger partial charge in [0.25, 0.3) is 10.0 Å². The Morgan fingerprint density at radius 3 is 2.61 bits per heavy atom. The fraction of sp³-hybridized carbons (Fsp3) is 0.700. The van der Waals surface area contributed by atoms with Gasteiger partial charge in [0.2, 0.25) is 0 Å². The predicted molar refractivity (Wildman–Crippen MR) is 61.4 cm³/mol. The molecule has 3 rings (SSSR count). The van der Waals surface area contributed by atoms with E-state index in [1.807, 2.05) is 0 Å². The summed E-state index contributed by atoms with van der Waals surface area (Å²) in [5, 5.41) is 9.13. The van der Waals surface area contributed by atoms with Gasteiger partial charge in [0.1, 0.15) is 0 Å². The van der Waals surface area contributed by atoms with Gasteiger partial charge in [-0.05, 0) is 12.8 Å². The smallest absolute Gasteiger partial charge is 0.257 e. The van der Waals surface area contributed by atoms with Crippen molar-refractivity contribution in [3.05, 3.63) is 11.8 Å². The van der Waals surface area contributed by atoms with Crippen LogP contribution in [-0.4, -0.2) is 38.5 Å². The molecule has 0 aromatic carbocycles. The van der Waals surface area contributed by atoms with Crippen LogP contribution in [0, 0.1) is 0 Å². The first kappa shape index (κ1) is 12.1. The molecule has 8 heteroatoms. The maximum atomic E-state index is 11.4. The van der Waals surface area contributed by atoms with Crippen LogP contribution in [-0.2, 0) is 25.1 Å². The van der Waals surface area contributed by atoms with Gasteiger partial charge in [0.15, 0.2) is 10.6 Å². The summed E-state index contributed by atoms with van der Waals surface area (Å²) in [5.41, 5.74) is 0.154. The quantitative estimate of drug-likeness (QED) is 0.815. The summed E-state index contributed by atoms with van der Waals surface area (Å²) in [5.74, 6) is 0. The van der Waals surface area contributed by atoms with Crippen molar-refractivity contribution in [2.75, 3.05) is 20.3 Å². The minimum atomic E-state index is -3.79. The highest BCUT2D eigenvalue weighted by atomic mass is 32.2. The molecule has 0 amide bonds. The lowest BCUT2D eigenvalue weighted by molar-refractivity contribution is -0.206. The lowest BCUT2D eigenvalue weighted by atomic mass is 9.97. The normalized spacial score (nSPS) is 22.8. The van der Waals surface area contributed by atoms with Gasteiger partial charge in [-0.25, -0.2) is 13.6 Å². The molecule has 0 radical (unpaired) electrons. The minimum Gasteiger partial charge on any atom is -0.374 e. The van der Waals surface area contributed by atoms with E-state index < -0.39 is 15.6 Å². The van der Waals surface area contributed by atoms with Gasteiger partial charge in [-0.1, -0.05) is 0 Å². The maximum absolute atomic E-state index is 11.4. The van der Waals surface area contributed by atoms with E-state index in [0.717, 1.165) is 18.5 Å². The molecule has 0 spiro atoms. The highest BCUT2D eigenvalue weighted by Crippen LogP contribution is 2.41. The third kappa shape index (κ3) is 1.76. The van der Waals surface area contributed by atoms with Crippen LogP contribution in [0.1, 0.15) is 24.6 Å². The van der Waals surface area contributed by atoms with Gasteiger partial charge >= 0.3 is 0 Å². The molecule has 100 valence electrons. The largest absolute Gasteiger partial charge is 0.374 e. The molecule has 1 aromatic rings. The van der Waals surface area contributed by atoms with E-state index in [-0.39, 0.29) is 11.1 Å². The number of rotatable bonds is 4. The number of primary sulfonamides is 1. The van der Waals surface area contributed by atoms with Crippen LogP contribution in [0.2, 0.25) is 0 Å². The molecule has 2 aliphatic rings. The summed E-state index contributed by atoms with van der Waals surface area (Å²) >= 11 is 0. The first-order valence-electron chi connectivity index (χ1n) is 5.72. The maximum Gasteiger partial charge on any atom is 0.257 e. The zero-order valence-corrected chi connectivity index (χ0v) is 10.8. The second kappa shape index (κ2) is 3.77. The number of sulfonamides is 1. The molecule has 0 atom stereocenters. The topological polar surface area (TPSA) is 96.4 Å². The average molecular weight is 273 g/mol. The Morgan fingerprint density at radius 1 is 1.56 bits per heavy atom. The summed E-state index contributed by atoms with van der Waals surface area (Å²) in [7, 11) is -2.20. The fourth-order valence-electron chi connectivity index (χ4n) is 2.11. The van der Waals surface area contributed by atoms with E-state index in [9.17, 15) is 8.42 Å². The van der Waals surface area contributed by atoms with Crippen molar-refractivity contribution >= 4 is 10.0 Å². The van der Waals surface area contributed by atoms with Crippen molar-refractivity contribution in [2.24, 2.45) is 5.14 Å². The van der Waals surface area contributed by atoms with Gasteiger partial charge < -0.3 is 9.47 Å². The number of aromatic nitrogens is 2. The standard InChI is InChI=1S/C10H15N3O4S/c1-16-10(5-17-6-10)8-4-9(18(11,14)15)12-13(8)7-2-3-7/h4,7H,2-3,5-6H2,1H3,(H2,11,14,15). The number of nitrogens with zero attached hydrogens (tertiary/aromatic N) is 2. The zero-order chi connectivity index (χ0) is 13.0. The van der Waals surface area contributed by atoms with Crippen LogP contribution >= 0.6 is 0 Å². The van der Waals surface area contributed by atoms with E-state index in [1.54, 1.807) is 11.8 Å². The summed E-state index contributed by atoms with van der Waals surface area (Å²) in [6.45, 7) is 0.817. The van der Waals surface area contributed by atoms with Gasteiger partial charge in [0.05, 0.1) is 24.9 Å². The predicted octanol–water partition coefficient (Wildman–Crippen LogP) is -0.263. The molecule has 18 heavy (non-hydrogen) atoms. The van der Waals surface area contributed by atoms with Crippen molar-refractivity contribution in [2.45, 2.75) is 29.5 Å². The van der Waals surface area contributed by atoms with Gasteiger partial charge in [-0.15, -0.1) is 0 Å². The molecule has 0 bridgehead atoms. The molecule has 7 nitrogen and oxygen atoms in total. The van der Waals surface area contributed by atoms with E-state index in [0.29, 0.717) is 13.2 Å². The summed E-state index contributed by atoms with van der Waals surface area (Å²) in [4.78, 5) is 0. The highest BCUT2D eigenvalue weighted by molar-refractivity contribution is 7.89. The monoisotopic (exact) mass is 273 g/mol. The van der Waals surface area contributed by atoms with Crippen LogP contribution in [0.3, 0.4) is 0 Å². The molecule has 1 saturated carbocycles. The van der Waals surface area contributed by atoms with E-state index in [2.05, 4.69) is 5.10 Å². The Hall–Kier alpha value is -0.960. The van der Waals surface area contributed by atoms with Crippen molar-refractivity contribution in [1.82, 2.24) is 9.78 Å². The second-order valence-corrected chi connectivity index (χ2v) is 6.29. The molecular weight excluding hydrogens is 258 g/mol. The van der Waals surface area contributed by atoms with Gasteiger partial charge in [-0.2, -0.15) is 5.10 Å². The minimum absolute atomic E-state index is 0.104. The van der Waals surface area contributed by atoms with E-state index in [4.69, 9.17) is 14.6 Å². The van der Waals surface area contributed by atoms with Crippen LogP contribution < -0.4 is 5.14 Å². The summed E-state index contributed by atoms with van der Waals surface area (Å²) < 4.78 is 35.2. The number of methoxy groups -OCH3 is 1. The van der Waals surface area contributed by atoms with Crippen molar-refractivity contribution in [3.63, 3.8) is 0 Å². The third-order valence-corrected chi connectivity index (χ3v) is 4.21. The Balaban J connectivity index is 2.09. The van der Waals surface area contributed by atoms with Crippen molar-refractivity contribution < 1.29 is 17.9 Å². The fourth-order valence-corrected chi connectivity index (χ4v) is 2.58. The number of hydrogen-bond donors (Lipinski definition) is 1. The molecule has 0 unspecified atom stereocenters. The summed E-state index contributed by atoms with van der Waals surface area (Å²) in [6.07, 6.45) is 2.00. The van der Waals surface area contributed by atoms with E-state index >= 15 is 0 Å². The molecule has 1 aliphatic heterocycles. The SMILES string of the molecule is COC1(c2cc(S(N)(=O)=O)nn2C2CC2)COC1. The average Bonchev–Trinajstić information content (AvgIpc) is 2.97. The van der Waals surface area contributed by atoms with Crippen LogP contribution in [0.25, 0.3) is 0 Å². The first-order chi connectivity index (χ1) is 8.46. The van der Waals surface area contributed by atoms with Crippen LogP contribution in [0.15, 0.2) is 11.1 Å². The lowest BCUT2D eigenvalue weighted by Gasteiger charge is -2.40. The molecule has 1 aromatic heterocycles. The number of ether oxygens (including phenoxy) is 2. The molecule has 2 fully saturated rings. The van der Waals surface area contributed by atoms with Gasteiger partial charge in [-0.3, -0.25) is 4.68 Å². The lowest BCUT2D eigenvalue weighted by Crippen LogP contribution is -2.49. The Kier molecular flexibility index (Phi) is 2.53. The Bertz CT molecular complexity index is 566.